The maximum atomic E-state index is 12.8. The summed E-state index contributed by atoms with van der Waals surface area (Å²) in [7, 11) is 0. The van der Waals surface area contributed by atoms with Crippen LogP contribution in [0.15, 0.2) is 59.4 Å². The average molecular weight is 507 g/mol. The average Bonchev–Trinajstić information content (AvgIpc) is 2.73. The van der Waals surface area contributed by atoms with E-state index in [2.05, 4.69) is 0 Å². The molecule has 0 N–H and O–H groups in total. The third-order valence-electron chi connectivity index (χ3n) is 5.06. The van der Waals surface area contributed by atoms with Crippen LogP contribution in [-0.2, 0) is 30.5 Å². The van der Waals surface area contributed by atoms with Gasteiger partial charge in [-0.1, -0.05) is 59.1 Å². The number of halogens is 3. The molecule has 3 rings (SSSR count). The molecule has 1 aromatic heterocycles. The van der Waals surface area contributed by atoms with Gasteiger partial charge in [0.2, 0.25) is 0 Å². The first kappa shape index (κ1) is 25.4. The number of rotatable bonds is 7. The van der Waals surface area contributed by atoms with Crippen LogP contribution in [0.5, 0.6) is 0 Å². The molecule has 0 fully saturated rings. The molecule has 0 bridgehead atoms. The third kappa shape index (κ3) is 7.10. The lowest BCUT2D eigenvalue weighted by Crippen LogP contribution is -2.26. The number of aryl methyl sites for hydroxylation is 2. The van der Waals surface area contributed by atoms with Crippen LogP contribution in [0.2, 0.25) is 15.1 Å². The van der Waals surface area contributed by atoms with E-state index in [1.54, 1.807) is 16.7 Å². The summed E-state index contributed by atoms with van der Waals surface area (Å²) >= 11 is 18.7. The van der Waals surface area contributed by atoms with Crippen molar-refractivity contribution in [2.75, 3.05) is 0 Å². The van der Waals surface area contributed by atoms with Crippen molar-refractivity contribution in [3.63, 3.8) is 0 Å². The van der Waals surface area contributed by atoms with Crippen LogP contribution in [0.25, 0.3) is 0 Å². The SMILES string of the molecule is CC(C)(C)OC(=O)c1ccc(CCn2c(CCc3cccc(Cl)c3)c(Cl)cc(Cl)c2=O)cc1. The van der Waals surface area contributed by atoms with E-state index in [0.29, 0.717) is 41.4 Å². The lowest BCUT2D eigenvalue weighted by Gasteiger charge is -2.19. The fourth-order valence-corrected chi connectivity index (χ4v) is 4.25. The van der Waals surface area contributed by atoms with Crippen LogP contribution < -0.4 is 5.56 Å². The topological polar surface area (TPSA) is 48.3 Å². The number of carbonyl (C=O) groups is 1. The number of benzene rings is 2. The first-order valence-electron chi connectivity index (χ1n) is 10.7. The highest BCUT2D eigenvalue weighted by atomic mass is 35.5. The van der Waals surface area contributed by atoms with Gasteiger partial charge >= 0.3 is 5.97 Å². The van der Waals surface area contributed by atoms with E-state index in [1.165, 1.54) is 6.07 Å². The summed E-state index contributed by atoms with van der Waals surface area (Å²) in [5.74, 6) is -0.366. The second kappa shape index (κ2) is 10.8. The molecule has 0 saturated carbocycles. The first-order valence-corrected chi connectivity index (χ1v) is 11.8. The molecule has 3 aromatic rings. The largest absolute Gasteiger partial charge is 0.456 e. The first-order chi connectivity index (χ1) is 15.5. The van der Waals surface area contributed by atoms with Crippen LogP contribution in [0.1, 0.15) is 48.0 Å². The van der Waals surface area contributed by atoms with Gasteiger partial charge in [0.1, 0.15) is 10.6 Å². The number of pyridine rings is 1. The molecule has 33 heavy (non-hydrogen) atoms. The zero-order valence-electron chi connectivity index (χ0n) is 18.8. The van der Waals surface area contributed by atoms with E-state index in [4.69, 9.17) is 39.5 Å². The van der Waals surface area contributed by atoms with Gasteiger partial charge in [0, 0.05) is 17.3 Å². The van der Waals surface area contributed by atoms with E-state index >= 15 is 0 Å². The number of carbonyl (C=O) groups excluding carboxylic acids is 1. The summed E-state index contributed by atoms with van der Waals surface area (Å²) in [5, 5.41) is 1.22. The van der Waals surface area contributed by atoms with E-state index in [0.717, 1.165) is 16.8 Å². The van der Waals surface area contributed by atoms with E-state index in [-0.39, 0.29) is 16.6 Å². The highest BCUT2D eigenvalue weighted by molar-refractivity contribution is 6.34. The van der Waals surface area contributed by atoms with Gasteiger partial charge in [0.25, 0.3) is 5.56 Å². The standard InChI is InChI=1S/C26H26Cl3NO3/c1-26(2,3)33-25(32)19-10-7-17(8-11-19)13-14-30-23(21(28)16-22(29)24(30)31)12-9-18-5-4-6-20(27)15-18/h4-8,10-11,15-16H,9,12-14H2,1-3H3. The summed E-state index contributed by atoms with van der Waals surface area (Å²) in [6.45, 7) is 5.90. The molecule has 0 radical (unpaired) electrons. The number of nitrogens with zero attached hydrogens (tertiary/aromatic N) is 1. The Kier molecular flexibility index (Phi) is 8.28. The summed E-state index contributed by atoms with van der Waals surface area (Å²) in [6, 6.07) is 16.3. The zero-order chi connectivity index (χ0) is 24.2. The molecule has 2 aromatic carbocycles. The summed E-state index contributed by atoms with van der Waals surface area (Å²) in [6.07, 6.45) is 1.84. The van der Waals surface area contributed by atoms with Crippen molar-refractivity contribution in [3.8, 4) is 0 Å². The Hall–Kier alpha value is -2.27. The molecule has 0 atom stereocenters. The molecule has 1 heterocycles. The lowest BCUT2D eigenvalue weighted by molar-refractivity contribution is 0.00695. The minimum absolute atomic E-state index is 0.0896. The van der Waals surface area contributed by atoms with Crippen molar-refractivity contribution in [2.45, 2.75) is 52.2 Å². The van der Waals surface area contributed by atoms with Crippen LogP contribution in [0.3, 0.4) is 0 Å². The number of aromatic nitrogens is 1. The molecule has 0 unspecified atom stereocenters. The molecule has 0 spiro atoms. The highest BCUT2D eigenvalue weighted by Crippen LogP contribution is 2.22. The minimum atomic E-state index is -0.551. The van der Waals surface area contributed by atoms with E-state index in [1.807, 2.05) is 57.2 Å². The van der Waals surface area contributed by atoms with Gasteiger partial charge in [-0.2, -0.15) is 0 Å². The fraction of sp³-hybridized carbons (Fsp3) is 0.308. The van der Waals surface area contributed by atoms with Gasteiger partial charge in [-0.15, -0.1) is 0 Å². The molecule has 0 aliphatic carbocycles. The molecule has 0 aliphatic rings. The Labute approximate surface area is 209 Å². The van der Waals surface area contributed by atoms with Crippen LogP contribution in [-0.4, -0.2) is 16.1 Å². The molecule has 0 aliphatic heterocycles. The second-order valence-corrected chi connectivity index (χ2v) is 10.1. The van der Waals surface area contributed by atoms with Gasteiger partial charge < -0.3 is 9.30 Å². The Morgan fingerprint density at radius 3 is 2.21 bits per heavy atom. The van der Waals surface area contributed by atoms with Crippen molar-refractivity contribution in [2.24, 2.45) is 0 Å². The molecule has 0 amide bonds. The van der Waals surface area contributed by atoms with Gasteiger partial charge in [-0.25, -0.2) is 4.79 Å². The third-order valence-corrected chi connectivity index (χ3v) is 5.89. The van der Waals surface area contributed by atoms with Crippen molar-refractivity contribution in [1.29, 1.82) is 0 Å². The van der Waals surface area contributed by atoms with Crippen molar-refractivity contribution < 1.29 is 9.53 Å². The predicted molar refractivity (Wildman–Crippen MR) is 135 cm³/mol. The zero-order valence-corrected chi connectivity index (χ0v) is 21.1. The van der Waals surface area contributed by atoms with Crippen molar-refractivity contribution >= 4 is 40.8 Å². The lowest BCUT2D eigenvalue weighted by atomic mass is 10.1. The van der Waals surface area contributed by atoms with E-state index in [9.17, 15) is 9.59 Å². The molecular weight excluding hydrogens is 481 g/mol. The summed E-state index contributed by atoms with van der Waals surface area (Å²) in [5.41, 5.74) is 2.43. The monoisotopic (exact) mass is 505 g/mol. The Morgan fingerprint density at radius 1 is 0.879 bits per heavy atom. The molecule has 174 valence electrons. The van der Waals surface area contributed by atoms with Crippen LogP contribution >= 0.6 is 34.8 Å². The predicted octanol–water partition coefficient (Wildman–Crippen LogP) is 6.79. The number of hydrogen-bond donors (Lipinski definition) is 0. The van der Waals surface area contributed by atoms with Gasteiger partial charge in [0.15, 0.2) is 0 Å². The van der Waals surface area contributed by atoms with Crippen LogP contribution in [0, 0.1) is 0 Å². The quantitative estimate of drug-likeness (QED) is 0.331. The van der Waals surface area contributed by atoms with Gasteiger partial charge in [-0.3, -0.25) is 4.79 Å². The normalized spacial score (nSPS) is 11.5. The highest BCUT2D eigenvalue weighted by Gasteiger charge is 2.18. The van der Waals surface area contributed by atoms with E-state index < -0.39 is 5.60 Å². The van der Waals surface area contributed by atoms with Crippen LogP contribution in [0.4, 0.5) is 0 Å². The van der Waals surface area contributed by atoms with Crippen molar-refractivity contribution in [3.05, 3.63) is 102 Å². The molecule has 7 heteroatoms. The molecule has 0 saturated heterocycles. The Bertz CT molecular complexity index is 1190. The van der Waals surface area contributed by atoms with Gasteiger partial charge in [0.05, 0.1) is 10.6 Å². The number of ether oxygens (including phenoxy) is 1. The maximum Gasteiger partial charge on any atom is 0.338 e. The van der Waals surface area contributed by atoms with Gasteiger partial charge in [-0.05, 0) is 81.5 Å². The molecule has 4 nitrogen and oxygen atoms in total. The smallest absolute Gasteiger partial charge is 0.338 e. The molecular formula is C26H26Cl3NO3. The maximum absolute atomic E-state index is 12.8. The Balaban J connectivity index is 1.76. The fourth-order valence-electron chi connectivity index (χ4n) is 3.47. The number of esters is 1. The van der Waals surface area contributed by atoms with Crippen molar-refractivity contribution in [1.82, 2.24) is 4.57 Å². The summed E-state index contributed by atoms with van der Waals surface area (Å²) < 4.78 is 7.04. The summed E-state index contributed by atoms with van der Waals surface area (Å²) in [4.78, 5) is 25.0. The minimum Gasteiger partial charge on any atom is -0.456 e. The Morgan fingerprint density at radius 2 is 1.58 bits per heavy atom. The number of hydrogen-bond acceptors (Lipinski definition) is 3. The second-order valence-electron chi connectivity index (χ2n) is 8.82.